The van der Waals surface area contributed by atoms with Crippen molar-refractivity contribution in [2.75, 3.05) is 12.0 Å². The van der Waals surface area contributed by atoms with Gasteiger partial charge in [0.25, 0.3) is 0 Å². The largest absolute Gasteiger partial charge is 0.352 e. The summed E-state index contributed by atoms with van der Waals surface area (Å²) in [5.41, 5.74) is 5.84. The molecule has 8 heteroatoms. The molecule has 0 aliphatic carbocycles. The van der Waals surface area contributed by atoms with Gasteiger partial charge in [-0.15, -0.1) is 0 Å². The fourth-order valence-electron chi connectivity index (χ4n) is 1.36. The molecule has 18 heavy (non-hydrogen) atoms. The number of thioether (sulfide) groups is 1. The fraction of sp³-hybridized carbons (Fsp3) is 0.500. The van der Waals surface area contributed by atoms with E-state index in [2.05, 4.69) is 20.6 Å². The standard InChI is InChI=1S/C10H17N5O2S/c1-18-3-2-8(15-10(11)17)9(16)13-5-7-4-12-6-14-7/h4,6,8H,2-3,5H2,1H3,(H,12,14)(H,13,16)(H3,11,15,17). The maximum Gasteiger partial charge on any atom is 0.312 e. The molecule has 1 rings (SSSR count). The Bertz CT molecular complexity index is 382. The Morgan fingerprint density at radius 2 is 2.39 bits per heavy atom. The first-order valence-electron chi connectivity index (χ1n) is 5.43. The van der Waals surface area contributed by atoms with Gasteiger partial charge in [-0.05, 0) is 18.4 Å². The molecule has 0 saturated heterocycles. The van der Waals surface area contributed by atoms with E-state index < -0.39 is 12.1 Å². The first-order chi connectivity index (χ1) is 8.63. The van der Waals surface area contributed by atoms with Crippen molar-refractivity contribution in [1.29, 1.82) is 0 Å². The second kappa shape index (κ2) is 7.59. The van der Waals surface area contributed by atoms with Gasteiger partial charge in [-0.25, -0.2) is 9.78 Å². The second-order valence-corrected chi connectivity index (χ2v) is 4.62. The van der Waals surface area contributed by atoms with Crippen LogP contribution in [0, 0.1) is 0 Å². The van der Waals surface area contributed by atoms with Crippen LogP contribution in [-0.2, 0) is 11.3 Å². The van der Waals surface area contributed by atoms with E-state index in [1.165, 1.54) is 6.33 Å². The Labute approximate surface area is 109 Å². The van der Waals surface area contributed by atoms with Gasteiger partial charge in [-0.2, -0.15) is 11.8 Å². The lowest BCUT2D eigenvalue weighted by Gasteiger charge is -2.16. The molecule has 0 fully saturated rings. The molecule has 0 spiro atoms. The van der Waals surface area contributed by atoms with Crippen molar-refractivity contribution in [3.8, 4) is 0 Å². The lowest BCUT2D eigenvalue weighted by atomic mass is 10.2. The van der Waals surface area contributed by atoms with E-state index in [0.717, 1.165) is 11.4 Å². The molecule has 7 nitrogen and oxygen atoms in total. The van der Waals surface area contributed by atoms with Crippen molar-refractivity contribution in [2.24, 2.45) is 5.73 Å². The van der Waals surface area contributed by atoms with Gasteiger partial charge in [0.15, 0.2) is 0 Å². The summed E-state index contributed by atoms with van der Waals surface area (Å²) in [6.07, 6.45) is 5.63. The number of aromatic amines is 1. The molecule has 1 heterocycles. The molecular weight excluding hydrogens is 254 g/mol. The van der Waals surface area contributed by atoms with Gasteiger partial charge >= 0.3 is 6.03 Å². The summed E-state index contributed by atoms with van der Waals surface area (Å²) in [6.45, 7) is 0.342. The van der Waals surface area contributed by atoms with Crippen LogP contribution in [-0.4, -0.2) is 40.0 Å². The van der Waals surface area contributed by atoms with Crippen LogP contribution in [0.15, 0.2) is 12.5 Å². The molecule has 1 aromatic heterocycles. The van der Waals surface area contributed by atoms with Crippen molar-refractivity contribution in [2.45, 2.75) is 19.0 Å². The predicted octanol–water partition coefficient (Wildman–Crippen LogP) is -0.184. The van der Waals surface area contributed by atoms with Crippen LogP contribution in [0.3, 0.4) is 0 Å². The molecule has 1 atom stereocenters. The van der Waals surface area contributed by atoms with Crippen LogP contribution in [0.5, 0.6) is 0 Å². The van der Waals surface area contributed by atoms with E-state index in [1.54, 1.807) is 18.0 Å². The highest BCUT2D eigenvalue weighted by Crippen LogP contribution is 2.01. The zero-order valence-electron chi connectivity index (χ0n) is 10.1. The van der Waals surface area contributed by atoms with E-state index in [0.29, 0.717) is 13.0 Å². The van der Waals surface area contributed by atoms with Gasteiger partial charge in [0.1, 0.15) is 6.04 Å². The van der Waals surface area contributed by atoms with Gasteiger partial charge in [0.2, 0.25) is 5.91 Å². The number of carbonyl (C=O) groups excluding carboxylic acids is 2. The predicted molar refractivity (Wildman–Crippen MR) is 69.9 cm³/mol. The number of nitrogens with zero attached hydrogens (tertiary/aromatic N) is 1. The second-order valence-electron chi connectivity index (χ2n) is 3.64. The minimum absolute atomic E-state index is 0.252. The van der Waals surface area contributed by atoms with E-state index in [1.807, 2.05) is 6.26 Å². The molecule has 0 radical (unpaired) electrons. The highest BCUT2D eigenvalue weighted by atomic mass is 32.2. The Balaban J connectivity index is 2.44. The smallest absolute Gasteiger partial charge is 0.312 e. The van der Waals surface area contributed by atoms with Crippen LogP contribution >= 0.6 is 11.8 Å². The number of hydrogen-bond acceptors (Lipinski definition) is 4. The zero-order chi connectivity index (χ0) is 13.4. The average Bonchev–Trinajstić information content (AvgIpc) is 2.84. The molecule has 1 aromatic rings. The minimum atomic E-state index is -0.696. The quantitative estimate of drug-likeness (QED) is 0.550. The molecule has 0 aliphatic heterocycles. The van der Waals surface area contributed by atoms with Crippen molar-refractivity contribution < 1.29 is 9.59 Å². The number of aromatic nitrogens is 2. The fourth-order valence-corrected chi connectivity index (χ4v) is 1.83. The van der Waals surface area contributed by atoms with Crippen LogP contribution in [0.25, 0.3) is 0 Å². The summed E-state index contributed by atoms with van der Waals surface area (Å²) in [6, 6.07) is -1.30. The number of H-pyrrole nitrogens is 1. The number of nitrogens with one attached hydrogen (secondary N) is 3. The van der Waals surface area contributed by atoms with E-state index in [9.17, 15) is 9.59 Å². The molecule has 0 aromatic carbocycles. The van der Waals surface area contributed by atoms with Crippen LogP contribution in [0.2, 0.25) is 0 Å². The lowest BCUT2D eigenvalue weighted by Crippen LogP contribution is -2.48. The number of primary amides is 1. The van der Waals surface area contributed by atoms with Crippen LogP contribution < -0.4 is 16.4 Å². The van der Waals surface area contributed by atoms with Crippen molar-refractivity contribution in [3.63, 3.8) is 0 Å². The SMILES string of the molecule is CSCCC(NC(N)=O)C(=O)NCc1cnc[nH]1. The van der Waals surface area contributed by atoms with Crippen molar-refractivity contribution in [1.82, 2.24) is 20.6 Å². The number of imidazole rings is 1. The summed E-state index contributed by atoms with van der Waals surface area (Å²) < 4.78 is 0. The highest BCUT2D eigenvalue weighted by Gasteiger charge is 2.18. The maximum absolute atomic E-state index is 11.9. The molecular formula is C10H17N5O2S. The number of rotatable bonds is 7. The Kier molecular flexibility index (Phi) is 6.06. The monoisotopic (exact) mass is 271 g/mol. The highest BCUT2D eigenvalue weighted by molar-refractivity contribution is 7.98. The molecule has 5 N–H and O–H groups in total. The topological polar surface area (TPSA) is 113 Å². The minimum Gasteiger partial charge on any atom is -0.352 e. The van der Waals surface area contributed by atoms with Gasteiger partial charge in [0.05, 0.1) is 18.6 Å². The molecule has 0 saturated carbocycles. The lowest BCUT2D eigenvalue weighted by molar-refractivity contribution is -0.123. The number of amides is 3. The first-order valence-corrected chi connectivity index (χ1v) is 6.82. The van der Waals surface area contributed by atoms with Crippen molar-refractivity contribution >= 4 is 23.7 Å². The third-order valence-electron chi connectivity index (χ3n) is 2.25. The number of nitrogens with two attached hydrogens (primary N) is 1. The van der Waals surface area contributed by atoms with E-state index in [-0.39, 0.29) is 5.91 Å². The van der Waals surface area contributed by atoms with Crippen LogP contribution in [0.1, 0.15) is 12.1 Å². The summed E-state index contributed by atoms with van der Waals surface area (Å²) >= 11 is 1.60. The number of urea groups is 1. The zero-order valence-corrected chi connectivity index (χ0v) is 10.9. The Hall–Kier alpha value is -1.70. The van der Waals surface area contributed by atoms with Gasteiger partial charge in [-0.3, -0.25) is 4.79 Å². The first kappa shape index (κ1) is 14.4. The molecule has 1 unspecified atom stereocenters. The average molecular weight is 271 g/mol. The van der Waals surface area contributed by atoms with E-state index >= 15 is 0 Å². The molecule has 0 aliphatic rings. The third kappa shape index (κ3) is 5.09. The number of carbonyl (C=O) groups is 2. The molecule has 100 valence electrons. The summed E-state index contributed by atoms with van der Waals surface area (Å²) in [5, 5.41) is 5.14. The third-order valence-corrected chi connectivity index (χ3v) is 2.90. The Morgan fingerprint density at radius 3 is 2.94 bits per heavy atom. The van der Waals surface area contributed by atoms with Crippen LogP contribution in [0.4, 0.5) is 4.79 Å². The Morgan fingerprint density at radius 1 is 1.61 bits per heavy atom. The van der Waals surface area contributed by atoms with Gasteiger partial charge in [0, 0.05) is 6.20 Å². The van der Waals surface area contributed by atoms with Gasteiger partial charge < -0.3 is 21.4 Å². The maximum atomic E-state index is 11.9. The molecule has 0 bridgehead atoms. The van der Waals surface area contributed by atoms with Crippen molar-refractivity contribution in [3.05, 3.63) is 18.2 Å². The normalized spacial score (nSPS) is 11.8. The van der Waals surface area contributed by atoms with E-state index in [4.69, 9.17) is 5.73 Å². The number of hydrogen-bond donors (Lipinski definition) is 4. The molecule has 3 amide bonds. The summed E-state index contributed by atoms with van der Waals surface area (Å²) in [7, 11) is 0. The summed E-state index contributed by atoms with van der Waals surface area (Å²) in [5.74, 6) is 0.514. The summed E-state index contributed by atoms with van der Waals surface area (Å²) in [4.78, 5) is 29.4. The van der Waals surface area contributed by atoms with Gasteiger partial charge in [-0.1, -0.05) is 0 Å².